The molecule has 1 saturated heterocycles. The number of carbonyl (C=O) groups excluding carboxylic acids is 3. The van der Waals surface area contributed by atoms with Crippen molar-refractivity contribution >= 4 is 28.5 Å². The monoisotopic (exact) mass is 522 g/mol. The Morgan fingerprint density at radius 1 is 0.974 bits per heavy atom. The van der Waals surface area contributed by atoms with E-state index in [1.165, 1.54) is 6.42 Å². The van der Waals surface area contributed by atoms with E-state index in [9.17, 15) is 14.4 Å². The number of para-hydroxylation sites is 1. The minimum atomic E-state index is -0.625. The van der Waals surface area contributed by atoms with Crippen molar-refractivity contribution in [1.29, 1.82) is 0 Å². The maximum absolute atomic E-state index is 14.1. The largest absolute Gasteiger partial charge is 0.379 e. The van der Waals surface area contributed by atoms with Crippen molar-refractivity contribution in [2.75, 3.05) is 39.4 Å². The van der Waals surface area contributed by atoms with Crippen molar-refractivity contribution in [2.24, 2.45) is 5.92 Å². The predicted octanol–water partition coefficient (Wildman–Crippen LogP) is 3.91. The van der Waals surface area contributed by atoms with Crippen LogP contribution in [0.2, 0.25) is 0 Å². The maximum Gasteiger partial charge on any atom is 0.295 e. The maximum atomic E-state index is 14.1. The van der Waals surface area contributed by atoms with Crippen molar-refractivity contribution in [2.45, 2.75) is 76.3 Å². The second-order valence-corrected chi connectivity index (χ2v) is 11.2. The highest BCUT2D eigenvalue weighted by atomic mass is 16.5. The van der Waals surface area contributed by atoms with E-state index in [0.717, 1.165) is 81.8 Å². The van der Waals surface area contributed by atoms with Gasteiger partial charge in [-0.3, -0.25) is 19.3 Å². The fourth-order valence-electron chi connectivity index (χ4n) is 6.54. The van der Waals surface area contributed by atoms with Crippen molar-refractivity contribution in [3.8, 4) is 0 Å². The molecule has 2 amide bonds. The van der Waals surface area contributed by atoms with E-state index in [-0.39, 0.29) is 17.9 Å². The van der Waals surface area contributed by atoms with Gasteiger partial charge in [-0.15, -0.1) is 0 Å². The summed E-state index contributed by atoms with van der Waals surface area (Å²) in [4.78, 5) is 48.8. The summed E-state index contributed by atoms with van der Waals surface area (Å²) in [6, 6.07) is 7.06. The highest BCUT2D eigenvalue weighted by molar-refractivity contribution is 6.45. The number of nitrogens with one attached hydrogen (secondary N) is 2. The molecule has 3 aliphatic rings. The van der Waals surface area contributed by atoms with Gasteiger partial charge in [0.1, 0.15) is 6.04 Å². The van der Waals surface area contributed by atoms with Gasteiger partial charge in [0.25, 0.3) is 11.7 Å². The van der Waals surface area contributed by atoms with E-state index >= 15 is 0 Å². The van der Waals surface area contributed by atoms with Crippen LogP contribution >= 0.6 is 0 Å². The Kier molecular flexibility index (Phi) is 9.12. The number of ether oxygens (including phenoxy) is 1. The number of aromatic amines is 1. The lowest BCUT2D eigenvalue weighted by atomic mass is 9.82. The fourth-order valence-corrected chi connectivity index (χ4v) is 6.54. The summed E-state index contributed by atoms with van der Waals surface area (Å²) in [6.45, 7) is 3.89. The summed E-state index contributed by atoms with van der Waals surface area (Å²) in [5.41, 5.74) is 1.19. The number of Topliss-reactive ketones (excluding diaryl/α,β-unsaturated/α-hetero) is 1. The number of hydrogen-bond donors (Lipinski definition) is 2. The van der Waals surface area contributed by atoms with Gasteiger partial charge in [0.05, 0.1) is 18.8 Å². The first-order valence-electron chi connectivity index (χ1n) is 14.6. The third-order valence-corrected chi connectivity index (χ3v) is 8.70. The Morgan fingerprint density at radius 3 is 2.39 bits per heavy atom. The molecule has 8 nitrogen and oxygen atoms in total. The number of rotatable bonds is 9. The van der Waals surface area contributed by atoms with E-state index in [1.807, 2.05) is 24.3 Å². The van der Waals surface area contributed by atoms with Crippen LogP contribution in [0.1, 0.15) is 74.6 Å². The van der Waals surface area contributed by atoms with Gasteiger partial charge in [-0.25, -0.2) is 0 Å². The number of H-pyrrole nitrogens is 1. The third kappa shape index (κ3) is 6.29. The molecule has 2 aliphatic carbocycles. The van der Waals surface area contributed by atoms with Gasteiger partial charge >= 0.3 is 0 Å². The molecule has 2 heterocycles. The number of carbonyl (C=O) groups is 3. The van der Waals surface area contributed by atoms with Crippen molar-refractivity contribution < 1.29 is 19.1 Å². The molecule has 1 aromatic carbocycles. The molecule has 1 atom stereocenters. The Hall–Kier alpha value is -2.71. The zero-order valence-corrected chi connectivity index (χ0v) is 22.5. The zero-order chi connectivity index (χ0) is 26.3. The Bertz CT molecular complexity index is 1100. The molecular weight excluding hydrogens is 480 g/mol. The molecule has 3 fully saturated rings. The number of amides is 2. The SMILES string of the molecule is O=C(C(=O)N(CCN1CCOCC1)C(C(=O)NC1CCCCC1)C1CCCCC1)c1c[nH]c2ccccc12. The first-order valence-corrected chi connectivity index (χ1v) is 14.6. The molecule has 8 heteroatoms. The first kappa shape index (κ1) is 26.9. The molecule has 1 aromatic heterocycles. The van der Waals surface area contributed by atoms with Crippen LogP contribution in [0.5, 0.6) is 0 Å². The first-order chi connectivity index (χ1) is 18.6. The van der Waals surface area contributed by atoms with Gasteiger partial charge in [-0.1, -0.05) is 56.7 Å². The number of hydrogen-bond acceptors (Lipinski definition) is 5. The van der Waals surface area contributed by atoms with Crippen LogP contribution in [0.3, 0.4) is 0 Å². The van der Waals surface area contributed by atoms with E-state index in [2.05, 4.69) is 15.2 Å². The fraction of sp³-hybridized carbons (Fsp3) is 0.633. The van der Waals surface area contributed by atoms with Gasteiger partial charge < -0.3 is 19.9 Å². The van der Waals surface area contributed by atoms with E-state index < -0.39 is 17.7 Å². The smallest absolute Gasteiger partial charge is 0.295 e. The van der Waals surface area contributed by atoms with Crippen LogP contribution in [0.25, 0.3) is 10.9 Å². The molecule has 2 aromatic rings. The Morgan fingerprint density at radius 2 is 1.66 bits per heavy atom. The lowest BCUT2D eigenvalue weighted by Gasteiger charge is -2.39. The summed E-state index contributed by atoms with van der Waals surface area (Å²) in [5.74, 6) is -1.13. The summed E-state index contributed by atoms with van der Waals surface area (Å²) in [5, 5.41) is 4.04. The van der Waals surface area contributed by atoms with Gasteiger partial charge in [0.2, 0.25) is 5.91 Å². The van der Waals surface area contributed by atoms with Crippen LogP contribution in [-0.4, -0.2) is 83.9 Å². The second-order valence-electron chi connectivity index (χ2n) is 11.2. The summed E-state index contributed by atoms with van der Waals surface area (Å²) in [6.07, 6.45) is 12.1. The summed E-state index contributed by atoms with van der Waals surface area (Å²) in [7, 11) is 0. The molecule has 206 valence electrons. The van der Waals surface area contributed by atoms with Crippen LogP contribution < -0.4 is 5.32 Å². The zero-order valence-electron chi connectivity index (χ0n) is 22.5. The third-order valence-electron chi connectivity index (χ3n) is 8.70. The molecular formula is C30H42N4O4. The highest BCUT2D eigenvalue weighted by Crippen LogP contribution is 2.31. The molecule has 38 heavy (non-hydrogen) atoms. The molecule has 0 radical (unpaired) electrons. The van der Waals surface area contributed by atoms with Gasteiger partial charge in [0, 0.05) is 49.3 Å². The topological polar surface area (TPSA) is 94.7 Å². The van der Waals surface area contributed by atoms with Crippen LogP contribution in [-0.2, 0) is 14.3 Å². The average molecular weight is 523 g/mol. The van der Waals surface area contributed by atoms with Crippen LogP contribution in [0.15, 0.2) is 30.5 Å². The molecule has 2 N–H and O–H groups in total. The van der Waals surface area contributed by atoms with Gasteiger partial charge in [-0.2, -0.15) is 0 Å². The molecule has 1 unspecified atom stereocenters. The second kappa shape index (κ2) is 12.9. The van der Waals surface area contributed by atoms with Gasteiger partial charge in [-0.05, 0) is 37.7 Å². The normalized spacial score (nSPS) is 20.7. The lowest BCUT2D eigenvalue weighted by Crippen LogP contribution is -2.58. The minimum absolute atomic E-state index is 0.0664. The summed E-state index contributed by atoms with van der Waals surface area (Å²) < 4.78 is 5.50. The van der Waals surface area contributed by atoms with E-state index in [1.54, 1.807) is 11.1 Å². The molecule has 1 aliphatic heterocycles. The van der Waals surface area contributed by atoms with Crippen molar-refractivity contribution in [3.63, 3.8) is 0 Å². The number of morpholine rings is 1. The molecule has 5 rings (SSSR count). The minimum Gasteiger partial charge on any atom is -0.379 e. The number of aromatic nitrogens is 1. The number of ketones is 1. The quantitative estimate of drug-likeness (QED) is 0.385. The Balaban J connectivity index is 1.43. The van der Waals surface area contributed by atoms with Crippen LogP contribution in [0.4, 0.5) is 0 Å². The van der Waals surface area contributed by atoms with E-state index in [4.69, 9.17) is 4.74 Å². The number of nitrogens with zero attached hydrogens (tertiary/aromatic N) is 2. The van der Waals surface area contributed by atoms with E-state index in [0.29, 0.717) is 31.9 Å². The molecule has 0 bridgehead atoms. The predicted molar refractivity (Wildman–Crippen MR) is 147 cm³/mol. The molecule has 0 spiro atoms. The standard InChI is InChI=1S/C30H42N4O4/c35-28(25-21-31-26-14-8-7-13-24(25)26)30(37)34(16-15-33-17-19-38-20-18-33)27(22-9-3-1-4-10-22)29(36)32-23-11-5-2-6-12-23/h7-8,13-14,21-23,27,31H,1-6,9-12,15-20H2,(H,32,36). The van der Waals surface area contributed by atoms with Crippen molar-refractivity contribution in [3.05, 3.63) is 36.0 Å². The average Bonchev–Trinajstić information content (AvgIpc) is 3.40. The molecule has 2 saturated carbocycles. The number of benzene rings is 1. The number of fused-ring (bicyclic) bond motifs is 1. The van der Waals surface area contributed by atoms with Gasteiger partial charge in [0.15, 0.2) is 0 Å². The highest BCUT2D eigenvalue weighted by Gasteiger charge is 2.40. The van der Waals surface area contributed by atoms with Crippen LogP contribution in [0, 0.1) is 5.92 Å². The summed E-state index contributed by atoms with van der Waals surface area (Å²) >= 11 is 0. The van der Waals surface area contributed by atoms with Crippen molar-refractivity contribution in [1.82, 2.24) is 20.1 Å². The lowest BCUT2D eigenvalue weighted by molar-refractivity contribution is -0.141. The Labute approximate surface area is 225 Å².